The van der Waals surface area contributed by atoms with E-state index in [1.807, 2.05) is 0 Å². The Morgan fingerprint density at radius 1 is 1.20 bits per heavy atom. The fourth-order valence-corrected chi connectivity index (χ4v) is 2.63. The third-order valence-electron chi connectivity index (χ3n) is 3.73. The quantitative estimate of drug-likeness (QED) is 0.668. The van der Waals surface area contributed by atoms with Crippen LogP contribution < -0.4 is 5.32 Å². The highest BCUT2D eigenvalue weighted by molar-refractivity contribution is 5.28. The van der Waals surface area contributed by atoms with Gasteiger partial charge in [0.05, 0.1) is 18.8 Å². The Kier molecular flexibility index (Phi) is 7.85. The number of nitrogens with zero attached hydrogens (tertiary/aromatic N) is 2. The average molecular weight is 281 g/mol. The lowest BCUT2D eigenvalue weighted by Crippen LogP contribution is -2.21. The zero-order valence-electron chi connectivity index (χ0n) is 13.8. The van der Waals surface area contributed by atoms with Crippen LogP contribution in [0, 0.1) is 13.8 Å². The van der Waals surface area contributed by atoms with Crippen LogP contribution >= 0.6 is 0 Å². The maximum atomic E-state index is 5.64. The summed E-state index contributed by atoms with van der Waals surface area (Å²) < 4.78 is 7.73. The lowest BCUT2D eigenvalue weighted by Gasteiger charge is -2.16. The van der Waals surface area contributed by atoms with E-state index in [0.717, 1.165) is 44.8 Å². The van der Waals surface area contributed by atoms with Gasteiger partial charge in [0.1, 0.15) is 0 Å². The van der Waals surface area contributed by atoms with E-state index in [4.69, 9.17) is 4.74 Å². The number of aryl methyl sites for hydroxylation is 1. The van der Waals surface area contributed by atoms with Gasteiger partial charge < -0.3 is 10.1 Å². The highest BCUT2D eigenvalue weighted by atomic mass is 16.5. The molecule has 0 fully saturated rings. The largest absolute Gasteiger partial charge is 0.380 e. The van der Waals surface area contributed by atoms with E-state index < -0.39 is 0 Å². The summed E-state index contributed by atoms with van der Waals surface area (Å²) in [6.07, 6.45) is 3.42. The second-order valence-electron chi connectivity index (χ2n) is 5.29. The highest BCUT2D eigenvalue weighted by Gasteiger charge is 2.18. The third kappa shape index (κ3) is 4.60. The summed E-state index contributed by atoms with van der Waals surface area (Å²) in [6, 6.07) is 0.412. The molecule has 0 aliphatic rings. The molecule has 0 saturated carbocycles. The van der Waals surface area contributed by atoms with E-state index in [-0.39, 0.29) is 0 Å². The van der Waals surface area contributed by atoms with Gasteiger partial charge in [-0.15, -0.1) is 0 Å². The molecule has 0 radical (unpaired) electrons. The molecule has 1 aromatic heterocycles. The van der Waals surface area contributed by atoms with Crippen molar-refractivity contribution in [3.8, 4) is 0 Å². The summed E-state index contributed by atoms with van der Waals surface area (Å²) in [6.45, 7) is 14.3. The van der Waals surface area contributed by atoms with Crippen molar-refractivity contribution in [2.24, 2.45) is 0 Å². The summed E-state index contributed by atoms with van der Waals surface area (Å²) >= 11 is 0. The monoisotopic (exact) mass is 281 g/mol. The van der Waals surface area contributed by atoms with E-state index in [1.54, 1.807) is 0 Å². The molecule has 20 heavy (non-hydrogen) atoms. The zero-order chi connectivity index (χ0) is 15.0. The maximum absolute atomic E-state index is 5.64. The van der Waals surface area contributed by atoms with Crippen LogP contribution in [-0.2, 0) is 11.3 Å². The van der Waals surface area contributed by atoms with Gasteiger partial charge in [-0.05, 0) is 33.2 Å². The molecule has 116 valence electrons. The van der Waals surface area contributed by atoms with Gasteiger partial charge in [0.2, 0.25) is 0 Å². The molecular weight excluding hydrogens is 250 g/mol. The minimum Gasteiger partial charge on any atom is -0.380 e. The van der Waals surface area contributed by atoms with Crippen molar-refractivity contribution in [1.29, 1.82) is 0 Å². The Morgan fingerprint density at radius 3 is 2.55 bits per heavy atom. The average Bonchev–Trinajstić information content (AvgIpc) is 2.71. The van der Waals surface area contributed by atoms with Gasteiger partial charge in [-0.25, -0.2) is 0 Å². The Balaban J connectivity index is 2.65. The second kappa shape index (κ2) is 9.14. The van der Waals surface area contributed by atoms with Crippen LogP contribution in [0.2, 0.25) is 0 Å². The van der Waals surface area contributed by atoms with Gasteiger partial charge in [-0.2, -0.15) is 5.10 Å². The van der Waals surface area contributed by atoms with Crippen LogP contribution in [0.4, 0.5) is 0 Å². The Bertz CT molecular complexity index is 387. The van der Waals surface area contributed by atoms with Crippen LogP contribution in [0.25, 0.3) is 0 Å². The van der Waals surface area contributed by atoms with Gasteiger partial charge in [0.15, 0.2) is 0 Å². The van der Waals surface area contributed by atoms with Gasteiger partial charge in [0, 0.05) is 23.9 Å². The molecule has 1 N–H and O–H groups in total. The topological polar surface area (TPSA) is 39.1 Å². The SMILES string of the molecule is CCCCOCCn1nc(C)c(C(CC)NCC)c1C. The van der Waals surface area contributed by atoms with Crippen molar-refractivity contribution in [2.75, 3.05) is 19.8 Å². The lowest BCUT2D eigenvalue weighted by molar-refractivity contribution is 0.120. The number of hydrogen-bond donors (Lipinski definition) is 1. The first kappa shape index (κ1) is 17.2. The van der Waals surface area contributed by atoms with Crippen molar-refractivity contribution >= 4 is 0 Å². The molecule has 0 spiro atoms. The zero-order valence-corrected chi connectivity index (χ0v) is 13.8. The molecule has 1 heterocycles. The number of ether oxygens (including phenoxy) is 1. The van der Waals surface area contributed by atoms with E-state index in [2.05, 4.69) is 49.7 Å². The predicted molar refractivity (Wildman–Crippen MR) is 84.1 cm³/mol. The van der Waals surface area contributed by atoms with E-state index >= 15 is 0 Å². The molecule has 0 saturated heterocycles. The number of aromatic nitrogens is 2. The lowest BCUT2D eigenvalue weighted by atomic mass is 10.0. The summed E-state index contributed by atoms with van der Waals surface area (Å²) in [4.78, 5) is 0. The number of unbranched alkanes of at least 4 members (excludes halogenated alkanes) is 1. The Hall–Kier alpha value is -0.870. The molecular formula is C16H31N3O. The van der Waals surface area contributed by atoms with Crippen LogP contribution in [0.3, 0.4) is 0 Å². The molecule has 4 heteroatoms. The first-order chi connectivity index (χ1) is 9.65. The van der Waals surface area contributed by atoms with Crippen molar-refractivity contribution in [1.82, 2.24) is 15.1 Å². The van der Waals surface area contributed by atoms with Crippen molar-refractivity contribution in [3.63, 3.8) is 0 Å². The number of hydrogen-bond acceptors (Lipinski definition) is 3. The van der Waals surface area contributed by atoms with Crippen molar-refractivity contribution in [2.45, 2.75) is 66.5 Å². The van der Waals surface area contributed by atoms with Gasteiger partial charge in [0.25, 0.3) is 0 Å². The molecule has 0 amide bonds. The molecule has 0 bridgehead atoms. The molecule has 1 aromatic rings. The van der Waals surface area contributed by atoms with Crippen LogP contribution in [0.5, 0.6) is 0 Å². The summed E-state index contributed by atoms with van der Waals surface area (Å²) in [5.41, 5.74) is 3.78. The molecule has 0 aliphatic heterocycles. The predicted octanol–water partition coefficient (Wildman–Crippen LogP) is 3.38. The molecule has 4 nitrogen and oxygen atoms in total. The van der Waals surface area contributed by atoms with E-state index in [1.165, 1.54) is 17.7 Å². The molecule has 1 rings (SSSR count). The summed E-state index contributed by atoms with van der Waals surface area (Å²) in [5, 5.41) is 8.22. The van der Waals surface area contributed by atoms with Crippen LogP contribution in [0.15, 0.2) is 0 Å². The maximum Gasteiger partial charge on any atom is 0.0662 e. The normalized spacial score (nSPS) is 12.8. The summed E-state index contributed by atoms with van der Waals surface area (Å²) in [7, 11) is 0. The Morgan fingerprint density at radius 2 is 1.95 bits per heavy atom. The highest BCUT2D eigenvalue weighted by Crippen LogP contribution is 2.24. The number of rotatable bonds is 10. The third-order valence-corrected chi connectivity index (χ3v) is 3.73. The fraction of sp³-hybridized carbons (Fsp3) is 0.812. The summed E-state index contributed by atoms with van der Waals surface area (Å²) in [5.74, 6) is 0. The Labute approximate surface area is 123 Å². The van der Waals surface area contributed by atoms with Gasteiger partial charge >= 0.3 is 0 Å². The van der Waals surface area contributed by atoms with Crippen molar-refractivity contribution in [3.05, 3.63) is 17.0 Å². The first-order valence-corrected chi connectivity index (χ1v) is 8.00. The van der Waals surface area contributed by atoms with Crippen LogP contribution in [-0.4, -0.2) is 29.5 Å². The molecule has 0 aromatic carbocycles. The standard InChI is InChI=1S/C16H31N3O/c1-6-9-11-20-12-10-19-14(5)16(13(4)18-19)15(7-2)17-8-3/h15,17H,6-12H2,1-5H3. The minimum absolute atomic E-state index is 0.412. The minimum atomic E-state index is 0.412. The smallest absolute Gasteiger partial charge is 0.0662 e. The fourth-order valence-electron chi connectivity index (χ4n) is 2.63. The van der Waals surface area contributed by atoms with E-state index in [0.29, 0.717) is 6.04 Å². The second-order valence-corrected chi connectivity index (χ2v) is 5.29. The molecule has 1 atom stereocenters. The number of nitrogens with one attached hydrogen (secondary N) is 1. The van der Waals surface area contributed by atoms with Crippen molar-refractivity contribution < 1.29 is 4.74 Å². The van der Waals surface area contributed by atoms with Gasteiger partial charge in [-0.3, -0.25) is 4.68 Å². The van der Waals surface area contributed by atoms with E-state index in [9.17, 15) is 0 Å². The van der Waals surface area contributed by atoms with Crippen LogP contribution in [0.1, 0.15) is 63.0 Å². The molecule has 0 aliphatic carbocycles. The van der Waals surface area contributed by atoms with Gasteiger partial charge in [-0.1, -0.05) is 27.2 Å². The molecule has 1 unspecified atom stereocenters. The first-order valence-electron chi connectivity index (χ1n) is 8.00.